The number of thioether (sulfide) groups is 1. The number of hydrogen-bond donors (Lipinski definition) is 0. The van der Waals surface area contributed by atoms with Gasteiger partial charge < -0.3 is 0 Å². The lowest BCUT2D eigenvalue weighted by Crippen LogP contribution is -2.16. The van der Waals surface area contributed by atoms with Crippen LogP contribution in [0.1, 0.15) is 29.2 Å². The van der Waals surface area contributed by atoms with Crippen LogP contribution in [0.5, 0.6) is 0 Å². The Morgan fingerprint density at radius 3 is 2.12 bits per heavy atom. The molecule has 0 heterocycles. The maximum Gasteiger partial charge on any atom is 0.190 e. The van der Waals surface area contributed by atoms with Crippen molar-refractivity contribution in [1.82, 2.24) is 0 Å². The van der Waals surface area contributed by atoms with Crippen LogP contribution in [0.3, 0.4) is 0 Å². The summed E-state index contributed by atoms with van der Waals surface area (Å²) in [5.74, 6) is 9.69. The van der Waals surface area contributed by atoms with E-state index < -0.39 is 8.07 Å². The van der Waals surface area contributed by atoms with Crippen molar-refractivity contribution in [2.75, 3.05) is 0 Å². The van der Waals surface area contributed by atoms with Crippen LogP contribution >= 0.6 is 11.8 Å². The first-order valence-electron chi connectivity index (χ1n) is 8.17. The van der Waals surface area contributed by atoms with Crippen LogP contribution in [0, 0.1) is 30.2 Å². The van der Waals surface area contributed by atoms with Gasteiger partial charge in [0.2, 0.25) is 0 Å². The smallest absolute Gasteiger partial charge is 0.190 e. The van der Waals surface area contributed by atoms with Gasteiger partial charge in [0.05, 0.1) is 0 Å². The van der Waals surface area contributed by atoms with Crippen LogP contribution in [-0.4, -0.2) is 13.2 Å². The second-order valence-electron chi connectivity index (χ2n) is 6.90. The van der Waals surface area contributed by atoms with Gasteiger partial charge in [-0.2, -0.15) is 0 Å². The number of carbonyl (C=O) groups excluding carboxylic acids is 1. The SMILES string of the molecule is CC(=O)Sc1ccc(C#Cc2ccc(C#C[Si](C)(C)C)cc2C)cc1. The molecule has 0 aliphatic carbocycles. The van der Waals surface area contributed by atoms with Gasteiger partial charge in [0, 0.05) is 28.5 Å². The van der Waals surface area contributed by atoms with E-state index in [-0.39, 0.29) is 5.12 Å². The minimum absolute atomic E-state index is 0.0896. The molecule has 0 spiro atoms. The van der Waals surface area contributed by atoms with Crippen molar-refractivity contribution in [3.05, 3.63) is 64.7 Å². The molecule has 2 aromatic carbocycles. The Bertz CT molecular complexity index is 898. The van der Waals surface area contributed by atoms with E-state index in [0.29, 0.717) is 0 Å². The first-order valence-corrected chi connectivity index (χ1v) is 12.5. The Kier molecular flexibility index (Phi) is 6.31. The molecule has 0 aliphatic rings. The largest absolute Gasteiger partial charge is 0.287 e. The van der Waals surface area contributed by atoms with Gasteiger partial charge in [-0.25, -0.2) is 0 Å². The van der Waals surface area contributed by atoms with Crippen LogP contribution in [0.15, 0.2) is 47.4 Å². The topological polar surface area (TPSA) is 17.1 Å². The van der Waals surface area contributed by atoms with Crippen LogP contribution in [0.4, 0.5) is 0 Å². The first-order chi connectivity index (χ1) is 11.7. The van der Waals surface area contributed by atoms with Gasteiger partial charge in [-0.1, -0.05) is 49.2 Å². The van der Waals surface area contributed by atoms with Crippen molar-refractivity contribution in [2.45, 2.75) is 38.4 Å². The standard InChI is InChI=1S/C22H22OSSi/c1-17-16-20(14-15-25(3,4)5)7-11-21(17)10-6-19-8-12-22(13-9-19)24-18(2)23/h7-9,11-13,16H,1-5H3. The van der Waals surface area contributed by atoms with Gasteiger partial charge in [0.15, 0.2) is 5.12 Å². The van der Waals surface area contributed by atoms with Gasteiger partial charge in [-0.15, -0.1) is 5.54 Å². The summed E-state index contributed by atoms with van der Waals surface area (Å²) in [6, 6.07) is 13.9. The Morgan fingerprint density at radius 1 is 0.920 bits per heavy atom. The van der Waals surface area contributed by atoms with E-state index in [1.807, 2.05) is 36.4 Å². The fraction of sp³-hybridized carbons (Fsp3) is 0.227. The third-order valence-corrected chi connectivity index (χ3v) is 4.94. The molecule has 0 saturated heterocycles. The maximum atomic E-state index is 11.1. The third-order valence-electron chi connectivity index (χ3n) is 3.27. The van der Waals surface area contributed by atoms with E-state index >= 15 is 0 Å². The minimum atomic E-state index is -1.36. The van der Waals surface area contributed by atoms with E-state index in [1.165, 1.54) is 11.8 Å². The Balaban J connectivity index is 2.17. The molecule has 0 bridgehead atoms. The van der Waals surface area contributed by atoms with Crippen molar-refractivity contribution in [3.63, 3.8) is 0 Å². The molecule has 126 valence electrons. The highest BCUT2D eigenvalue weighted by Gasteiger charge is 2.07. The lowest BCUT2D eigenvalue weighted by molar-refractivity contribution is -0.109. The molecule has 0 radical (unpaired) electrons. The zero-order valence-electron chi connectivity index (χ0n) is 15.4. The number of hydrogen-bond acceptors (Lipinski definition) is 2. The summed E-state index contributed by atoms with van der Waals surface area (Å²) in [7, 11) is -1.36. The molecule has 0 amide bonds. The Morgan fingerprint density at radius 2 is 1.56 bits per heavy atom. The average Bonchev–Trinajstić information content (AvgIpc) is 2.52. The lowest BCUT2D eigenvalue weighted by atomic mass is 10.1. The molecule has 2 rings (SSSR count). The summed E-state index contributed by atoms with van der Waals surface area (Å²) in [5.41, 5.74) is 7.53. The minimum Gasteiger partial charge on any atom is -0.287 e. The molecule has 0 aliphatic heterocycles. The molecule has 0 unspecified atom stereocenters. The van der Waals surface area contributed by atoms with Crippen molar-refractivity contribution in [2.24, 2.45) is 0 Å². The van der Waals surface area contributed by atoms with Gasteiger partial charge in [0.25, 0.3) is 0 Å². The zero-order chi connectivity index (χ0) is 18.4. The van der Waals surface area contributed by atoms with E-state index in [4.69, 9.17) is 0 Å². The predicted molar refractivity (Wildman–Crippen MR) is 110 cm³/mol. The average molecular weight is 363 g/mol. The van der Waals surface area contributed by atoms with Gasteiger partial charge >= 0.3 is 0 Å². The molecule has 0 aromatic heterocycles. The van der Waals surface area contributed by atoms with Crippen LogP contribution in [0.2, 0.25) is 19.6 Å². The fourth-order valence-electron chi connectivity index (χ4n) is 2.05. The predicted octanol–water partition coefficient (Wildman–Crippen LogP) is 5.26. The summed E-state index contributed by atoms with van der Waals surface area (Å²) in [6.45, 7) is 10.4. The zero-order valence-corrected chi connectivity index (χ0v) is 17.2. The lowest BCUT2D eigenvalue weighted by Gasteiger charge is -2.04. The number of carbonyl (C=O) groups is 1. The maximum absolute atomic E-state index is 11.1. The molecule has 25 heavy (non-hydrogen) atoms. The van der Waals surface area contributed by atoms with Gasteiger partial charge in [-0.3, -0.25) is 4.79 Å². The molecule has 2 aromatic rings. The molecule has 0 fully saturated rings. The highest BCUT2D eigenvalue weighted by atomic mass is 32.2. The van der Waals surface area contributed by atoms with E-state index in [0.717, 1.165) is 27.1 Å². The summed E-state index contributed by atoms with van der Waals surface area (Å²) < 4.78 is 0. The van der Waals surface area contributed by atoms with E-state index in [2.05, 4.69) is 55.9 Å². The molecule has 0 atom stereocenters. The Hall–Kier alpha value is -2.20. The summed E-state index contributed by atoms with van der Waals surface area (Å²) in [5, 5.41) is 0.0896. The van der Waals surface area contributed by atoms with E-state index in [1.54, 1.807) is 6.92 Å². The second kappa shape index (κ2) is 8.25. The molecular formula is C22H22OSSi. The van der Waals surface area contributed by atoms with Crippen LogP contribution in [-0.2, 0) is 4.79 Å². The summed E-state index contributed by atoms with van der Waals surface area (Å²) in [4.78, 5) is 12.0. The first kappa shape index (κ1) is 19.1. The van der Waals surface area contributed by atoms with Crippen molar-refractivity contribution >= 4 is 25.0 Å². The summed E-state index contributed by atoms with van der Waals surface area (Å²) >= 11 is 1.23. The quantitative estimate of drug-likeness (QED) is 0.391. The van der Waals surface area contributed by atoms with Crippen LogP contribution in [0.25, 0.3) is 0 Å². The van der Waals surface area contributed by atoms with Crippen molar-refractivity contribution in [1.29, 1.82) is 0 Å². The molecule has 0 saturated carbocycles. The fourth-order valence-corrected chi connectivity index (χ4v) is 3.18. The van der Waals surface area contributed by atoms with Crippen LogP contribution < -0.4 is 0 Å². The monoisotopic (exact) mass is 362 g/mol. The third kappa shape index (κ3) is 6.67. The van der Waals surface area contributed by atoms with Crippen molar-refractivity contribution in [3.8, 4) is 23.3 Å². The number of aryl methyl sites for hydroxylation is 1. The molecular weight excluding hydrogens is 340 g/mol. The summed E-state index contributed by atoms with van der Waals surface area (Å²) in [6.07, 6.45) is 0. The number of benzene rings is 2. The second-order valence-corrected chi connectivity index (χ2v) is 12.9. The Labute approximate surface area is 156 Å². The number of rotatable bonds is 1. The van der Waals surface area contributed by atoms with Gasteiger partial charge in [0.1, 0.15) is 8.07 Å². The molecule has 0 N–H and O–H groups in total. The molecule has 3 heteroatoms. The van der Waals surface area contributed by atoms with E-state index in [9.17, 15) is 4.79 Å². The highest BCUT2D eigenvalue weighted by molar-refractivity contribution is 8.13. The highest BCUT2D eigenvalue weighted by Crippen LogP contribution is 2.18. The van der Waals surface area contributed by atoms with Gasteiger partial charge in [-0.05, 0) is 55.0 Å². The molecule has 1 nitrogen and oxygen atoms in total. The van der Waals surface area contributed by atoms with Crippen molar-refractivity contribution < 1.29 is 4.79 Å². The normalized spacial score (nSPS) is 10.3.